The quantitative estimate of drug-likeness (QED) is 0.255. The minimum absolute atomic E-state index is 0.0178. The number of rotatable bonds is 10. The summed E-state index contributed by atoms with van der Waals surface area (Å²) in [5.41, 5.74) is 3.72. The number of halogens is 2. The van der Waals surface area contributed by atoms with E-state index in [1.165, 1.54) is 4.90 Å². The fourth-order valence-electron chi connectivity index (χ4n) is 4.03. The van der Waals surface area contributed by atoms with Crippen molar-refractivity contribution >= 4 is 52.4 Å². The molecule has 3 aromatic rings. The van der Waals surface area contributed by atoms with Crippen molar-refractivity contribution in [3.8, 4) is 17.9 Å². The summed E-state index contributed by atoms with van der Waals surface area (Å²) in [4.78, 5) is 21.7. The Labute approximate surface area is 237 Å². The molecule has 0 aliphatic carbocycles. The van der Waals surface area contributed by atoms with Crippen LogP contribution in [0, 0.1) is 29.6 Å². The lowest BCUT2D eigenvalue weighted by Gasteiger charge is -2.22. The molecule has 0 bridgehead atoms. The van der Waals surface area contributed by atoms with Crippen LogP contribution in [0.1, 0.15) is 24.0 Å². The first-order valence-corrected chi connectivity index (χ1v) is 13.0. The second kappa shape index (κ2) is 13.0. The third-order valence-corrected chi connectivity index (χ3v) is 6.55. The van der Waals surface area contributed by atoms with Crippen molar-refractivity contribution in [2.24, 2.45) is 4.99 Å². The molecule has 1 aliphatic rings. The molecule has 0 unspecified atom stereocenters. The number of amides is 1. The first-order valence-electron chi connectivity index (χ1n) is 12.3. The molecule has 3 aromatic carbocycles. The monoisotopic (exact) mass is 557 g/mol. The highest BCUT2D eigenvalue weighted by Gasteiger charge is 2.32. The topological polar surface area (TPSA) is 92.7 Å². The molecular formula is C30H25Cl2N5O2. The molecule has 0 atom stereocenters. The maximum atomic E-state index is 13.5. The zero-order valence-electron chi connectivity index (χ0n) is 21.3. The van der Waals surface area contributed by atoms with Crippen molar-refractivity contribution in [2.75, 3.05) is 29.5 Å². The van der Waals surface area contributed by atoms with Gasteiger partial charge >= 0.3 is 0 Å². The van der Waals surface area contributed by atoms with Crippen LogP contribution in [-0.4, -0.2) is 31.4 Å². The number of hydrogen-bond donors (Lipinski definition) is 0. The van der Waals surface area contributed by atoms with Crippen LogP contribution >= 0.6 is 23.2 Å². The second-order valence-electron chi connectivity index (χ2n) is 8.79. The molecule has 1 aliphatic heterocycles. The van der Waals surface area contributed by atoms with Crippen molar-refractivity contribution < 1.29 is 9.53 Å². The summed E-state index contributed by atoms with van der Waals surface area (Å²) < 4.78 is 5.91. The van der Waals surface area contributed by atoms with E-state index >= 15 is 0 Å². The lowest BCUT2D eigenvalue weighted by Crippen LogP contribution is -2.35. The van der Waals surface area contributed by atoms with E-state index < -0.39 is 0 Å². The fourth-order valence-corrected chi connectivity index (χ4v) is 4.50. The van der Waals surface area contributed by atoms with Gasteiger partial charge in [-0.1, -0.05) is 53.0 Å². The minimum atomic E-state index is -0.270. The van der Waals surface area contributed by atoms with Gasteiger partial charge in [-0.25, -0.2) is 4.99 Å². The van der Waals surface area contributed by atoms with E-state index in [-0.39, 0.29) is 18.2 Å². The molecule has 0 spiro atoms. The van der Waals surface area contributed by atoms with Crippen LogP contribution < -0.4 is 14.5 Å². The Morgan fingerprint density at radius 3 is 2.26 bits per heavy atom. The van der Waals surface area contributed by atoms with Crippen molar-refractivity contribution in [1.82, 2.24) is 0 Å². The Balaban J connectivity index is 1.60. The zero-order chi connectivity index (χ0) is 27.8. The molecule has 1 heterocycles. The van der Waals surface area contributed by atoms with Crippen LogP contribution in [0.2, 0.25) is 10.0 Å². The SMILES string of the molecule is Cc1ccc(N2C(=O)/C(=C/c3ccc(N(CCC#N)CCC#N)cc3)N=C2COc2ccc(Cl)cc2Cl)cc1. The molecule has 1 amide bonds. The number of hydrogen-bond acceptors (Lipinski definition) is 6. The number of carbonyl (C=O) groups is 1. The third-order valence-electron chi connectivity index (χ3n) is 6.02. The Bertz CT molecular complexity index is 1470. The van der Waals surface area contributed by atoms with Gasteiger partial charge in [0.25, 0.3) is 5.91 Å². The second-order valence-corrected chi connectivity index (χ2v) is 9.64. The minimum Gasteiger partial charge on any atom is -0.484 e. The molecule has 0 fully saturated rings. The van der Waals surface area contributed by atoms with Crippen LogP contribution in [0.15, 0.2) is 77.4 Å². The average molecular weight is 558 g/mol. The summed E-state index contributed by atoms with van der Waals surface area (Å²) in [5, 5.41) is 18.8. The number of amidine groups is 1. The van der Waals surface area contributed by atoms with Crippen molar-refractivity contribution in [3.05, 3.63) is 93.6 Å². The summed E-state index contributed by atoms with van der Waals surface area (Å²) in [6.45, 7) is 3.07. The van der Waals surface area contributed by atoms with Gasteiger partial charge in [-0.05, 0) is 61.0 Å². The molecular weight excluding hydrogens is 533 g/mol. The van der Waals surface area contributed by atoms with Crippen LogP contribution in [0.25, 0.3) is 6.08 Å². The number of anilines is 2. The lowest BCUT2D eigenvalue weighted by atomic mass is 10.1. The summed E-state index contributed by atoms with van der Waals surface area (Å²) in [6, 6.07) is 24.4. The summed E-state index contributed by atoms with van der Waals surface area (Å²) in [6.07, 6.45) is 2.45. The van der Waals surface area contributed by atoms with Gasteiger partial charge in [0.05, 0.1) is 35.7 Å². The van der Waals surface area contributed by atoms with Gasteiger partial charge in [0.1, 0.15) is 18.1 Å². The molecule has 4 rings (SSSR count). The molecule has 7 nitrogen and oxygen atoms in total. The number of ether oxygens (including phenoxy) is 1. The maximum Gasteiger partial charge on any atom is 0.282 e. The Kier molecular flexibility index (Phi) is 9.22. The first-order chi connectivity index (χ1) is 18.9. The van der Waals surface area contributed by atoms with Crippen molar-refractivity contribution in [2.45, 2.75) is 19.8 Å². The van der Waals surface area contributed by atoms with E-state index in [0.29, 0.717) is 53.2 Å². The van der Waals surface area contributed by atoms with Gasteiger partial charge in [-0.15, -0.1) is 0 Å². The Morgan fingerprint density at radius 2 is 1.64 bits per heavy atom. The number of aliphatic imine (C=N–C) groups is 1. The number of nitrogens with zero attached hydrogens (tertiary/aromatic N) is 5. The van der Waals surface area contributed by atoms with E-state index in [2.05, 4.69) is 17.1 Å². The maximum absolute atomic E-state index is 13.5. The Morgan fingerprint density at radius 1 is 0.974 bits per heavy atom. The molecule has 9 heteroatoms. The summed E-state index contributed by atoms with van der Waals surface area (Å²) >= 11 is 12.3. The molecule has 0 N–H and O–H groups in total. The van der Waals surface area contributed by atoms with Crippen LogP contribution in [-0.2, 0) is 4.79 Å². The van der Waals surface area contributed by atoms with Crippen LogP contribution in [0.3, 0.4) is 0 Å². The Hall–Kier alpha value is -4.30. The molecule has 0 saturated heterocycles. The van der Waals surface area contributed by atoms with E-state index in [1.807, 2.05) is 60.4 Å². The molecule has 0 saturated carbocycles. The van der Waals surface area contributed by atoms with E-state index in [9.17, 15) is 4.79 Å². The van der Waals surface area contributed by atoms with Gasteiger partial charge < -0.3 is 9.64 Å². The van der Waals surface area contributed by atoms with Gasteiger partial charge in [0.2, 0.25) is 0 Å². The number of aryl methyl sites for hydroxylation is 1. The van der Waals surface area contributed by atoms with Gasteiger partial charge in [-0.2, -0.15) is 10.5 Å². The smallest absolute Gasteiger partial charge is 0.282 e. The number of carbonyl (C=O) groups excluding carboxylic acids is 1. The van der Waals surface area contributed by atoms with E-state index in [1.54, 1.807) is 24.3 Å². The summed E-state index contributed by atoms with van der Waals surface area (Å²) in [7, 11) is 0. The normalized spacial score (nSPS) is 13.7. The highest BCUT2D eigenvalue weighted by Crippen LogP contribution is 2.30. The molecule has 196 valence electrons. The zero-order valence-corrected chi connectivity index (χ0v) is 22.8. The number of benzene rings is 3. The van der Waals surface area contributed by atoms with Gasteiger partial charge in [0, 0.05) is 23.8 Å². The predicted octanol–water partition coefficient (Wildman–Crippen LogP) is 6.80. The predicted molar refractivity (Wildman–Crippen MR) is 155 cm³/mol. The van der Waals surface area contributed by atoms with Crippen LogP contribution in [0.4, 0.5) is 11.4 Å². The van der Waals surface area contributed by atoms with E-state index in [0.717, 1.165) is 16.8 Å². The fraction of sp³-hybridized carbons (Fsp3) is 0.200. The molecule has 0 radical (unpaired) electrons. The number of nitriles is 2. The molecule has 0 aromatic heterocycles. The molecule has 39 heavy (non-hydrogen) atoms. The van der Waals surface area contributed by atoms with Gasteiger partial charge in [0.15, 0.2) is 5.84 Å². The highest BCUT2D eigenvalue weighted by atomic mass is 35.5. The van der Waals surface area contributed by atoms with E-state index in [4.69, 9.17) is 38.5 Å². The van der Waals surface area contributed by atoms with Crippen molar-refractivity contribution in [1.29, 1.82) is 10.5 Å². The third kappa shape index (κ3) is 6.97. The standard InChI is InChI=1S/C30H25Cl2N5O2/c1-21-4-9-25(10-5-21)37-29(20-39-28-13-8-23(31)19-26(28)32)35-27(30(37)38)18-22-6-11-24(12-7-22)36(16-2-14-33)17-3-15-34/h4-13,18-19H,2-3,16-17,20H2,1H3/b27-18-. The largest absolute Gasteiger partial charge is 0.484 e. The lowest BCUT2D eigenvalue weighted by molar-refractivity contribution is -0.113. The average Bonchev–Trinajstić information content (AvgIpc) is 3.24. The summed E-state index contributed by atoms with van der Waals surface area (Å²) in [5.74, 6) is 0.593. The first kappa shape index (κ1) is 27.7. The van der Waals surface area contributed by atoms with Gasteiger partial charge in [-0.3, -0.25) is 9.69 Å². The van der Waals surface area contributed by atoms with Crippen molar-refractivity contribution in [3.63, 3.8) is 0 Å². The van der Waals surface area contributed by atoms with Crippen LogP contribution in [0.5, 0.6) is 5.75 Å². The highest BCUT2D eigenvalue weighted by molar-refractivity contribution is 6.35.